The molecule has 1 N–H and O–H groups in total. The lowest BCUT2D eigenvalue weighted by Gasteiger charge is -2.25. The highest BCUT2D eigenvalue weighted by Gasteiger charge is 2.23. The molecule has 0 spiro atoms. The zero-order valence-electron chi connectivity index (χ0n) is 13.3. The van der Waals surface area contributed by atoms with Crippen LogP contribution in [0.2, 0.25) is 0 Å². The van der Waals surface area contributed by atoms with Gasteiger partial charge in [0.25, 0.3) is 0 Å². The van der Waals surface area contributed by atoms with Gasteiger partial charge in [-0.1, -0.05) is 24.3 Å². The first-order valence-corrected chi connectivity index (χ1v) is 7.63. The third-order valence-corrected chi connectivity index (χ3v) is 3.77. The van der Waals surface area contributed by atoms with Crippen molar-refractivity contribution < 1.29 is 9.53 Å². The fourth-order valence-electron chi connectivity index (χ4n) is 2.64. The lowest BCUT2D eigenvalue weighted by molar-refractivity contribution is -0.119. The van der Waals surface area contributed by atoms with Crippen molar-refractivity contribution >= 4 is 17.7 Å². The third kappa shape index (κ3) is 3.65. The summed E-state index contributed by atoms with van der Waals surface area (Å²) in [6.45, 7) is 0.646. The zero-order valence-corrected chi connectivity index (χ0v) is 13.3. The van der Waals surface area contributed by atoms with Gasteiger partial charge in [0.05, 0.1) is 19.1 Å². The first kappa shape index (κ1) is 15.4. The molecule has 2 aromatic rings. The standard InChI is InChI=1S/C17H20N4O2/c1-21(2)17-18-9-7-15(20-17)19-16(22)11-14-13-6-4-3-5-12(13)8-10-23-14/h3-7,9,14H,8,10-11H2,1-2H3,(H,18,19,20,22)/t14-/m1/s1. The van der Waals surface area contributed by atoms with E-state index in [4.69, 9.17) is 4.74 Å². The molecule has 120 valence electrons. The third-order valence-electron chi connectivity index (χ3n) is 3.77. The van der Waals surface area contributed by atoms with E-state index in [0.717, 1.165) is 12.0 Å². The molecule has 1 atom stereocenters. The molecule has 0 aliphatic carbocycles. The summed E-state index contributed by atoms with van der Waals surface area (Å²) < 4.78 is 5.77. The van der Waals surface area contributed by atoms with Crippen LogP contribution in [0.25, 0.3) is 0 Å². The Bertz CT molecular complexity index is 702. The van der Waals surface area contributed by atoms with E-state index in [1.54, 1.807) is 17.2 Å². The maximum atomic E-state index is 12.3. The molecule has 3 rings (SSSR count). The van der Waals surface area contributed by atoms with Crippen LogP contribution in [-0.4, -0.2) is 36.6 Å². The average molecular weight is 312 g/mol. The van der Waals surface area contributed by atoms with E-state index in [2.05, 4.69) is 21.4 Å². The number of rotatable bonds is 4. The molecule has 1 aromatic carbocycles. The number of fused-ring (bicyclic) bond motifs is 1. The summed E-state index contributed by atoms with van der Waals surface area (Å²) in [4.78, 5) is 22.5. The second-order valence-electron chi connectivity index (χ2n) is 5.70. The lowest BCUT2D eigenvalue weighted by Crippen LogP contribution is -2.23. The Kier molecular flexibility index (Phi) is 4.52. The zero-order chi connectivity index (χ0) is 16.2. The Balaban J connectivity index is 1.68. The Morgan fingerprint density at radius 1 is 1.35 bits per heavy atom. The summed E-state index contributed by atoms with van der Waals surface area (Å²) in [5.74, 6) is 0.940. The van der Waals surface area contributed by atoms with Crippen molar-refractivity contribution in [2.75, 3.05) is 30.9 Å². The Morgan fingerprint density at radius 3 is 3.00 bits per heavy atom. The van der Waals surface area contributed by atoms with Gasteiger partial charge >= 0.3 is 0 Å². The predicted octanol–water partition coefficient (Wildman–Crippen LogP) is 2.19. The van der Waals surface area contributed by atoms with E-state index in [0.29, 0.717) is 18.4 Å². The van der Waals surface area contributed by atoms with Crippen molar-refractivity contribution in [3.05, 3.63) is 47.7 Å². The fourth-order valence-corrected chi connectivity index (χ4v) is 2.64. The largest absolute Gasteiger partial charge is 0.373 e. The first-order chi connectivity index (χ1) is 11.1. The normalized spacial score (nSPS) is 16.5. The number of hydrogen-bond donors (Lipinski definition) is 1. The molecule has 6 heteroatoms. The van der Waals surface area contributed by atoms with Crippen LogP contribution in [0.15, 0.2) is 36.5 Å². The number of carbonyl (C=O) groups is 1. The van der Waals surface area contributed by atoms with Crippen LogP contribution in [0.1, 0.15) is 23.7 Å². The number of hydrogen-bond acceptors (Lipinski definition) is 5. The number of carbonyl (C=O) groups excluding carboxylic acids is 1. The van der Waals surface area contributed by atoms with Crippen molar-refractivity contribution in [2.24, 2.45) is 0 Å². The maximum absolute atomic E-state index is 12.3. The van der Waals surface area contributed by atoms with Crippen LogP contribution < -0.4 is 10.2 Å². The number of benzene rings is 1. The van der Waals surface area contributed by atoms with Crippen LogP contribution in [0.3, 0.4) is 0 Å². The van der Waals surface area contributed by atoms with Gasteiger partial charge in [-0.05, 0) is 23.6 Å². The van der Waals surface area contributed by atoms with Crippen LogP contribution in [0, 0.1) is 0 Å². The van der Waals surface area contributed by atoms with E-state index < -0.39 is 0 Å². The van der Waals surface area contributed by atoms with Gasteiger partial charge < -0.3 is 15.0 Å². The summed E-state index contributed by atoms with van der Waals surface area (Å²) in [6, 6.07) is 9.80. The van der Waals surface area contributed by atoms with Gasteiger partial charge in [-0.3, -0.25) is 4.79 Å². The Hall–Kier alpha value is -2.47. The van der Waals surface area contributed by atoms with Gasteiger partial charge in [-0.2, -0.15) is 4.98 Å². The van der Waals surface area contributed by atoms with E-state index >= 15 is 0 Å². The molecule has 1 aliphatic rings. The van der Waals surface area contributed by atoms with Crippen LogP contribution >= 0.6 is 0 Å². The summed E-state index contributed by atoms with van der Waals surface area (Å²) in [5, 5.41) is 2.82. The molecule has 1 aliphatic heterocycles. The highest BCUT2D eigenvalue weighted by Crippen LogP contribution is 2.29. The smallest absolute Gasteiger partial charge is 0.228 e. The van der Waals surface area contributed by atoms with Gasteiger partial charge in [-0.25, -0.2) is 4.98 Å². The predicted molar refractivity (Wildman–Crippen MR) is 88.4 cm³/mol. The minimum Gasteiger partial charge on any atom is -0.373 e. The number of anilines is 2. The average Bonchev–Trinajstić information content (AvgIpc) is 2.55. The number of amides is 1. The molecule has 1 aromatic heterocycles. The molecular weight excluding hydrogens is 292 g/mol. The van der Waals surface area contributed by atoms with Crippen LogP contribution in [-0.2, 0) is 16.0 Å². The van der Waals surface area contributed by atoms with E-state index in [1.165, 1.54) is 5.56 Å². The summed E-state index contributed by atoms with van der Waals surface area (Å²) in [6.07, 6.45) is 2.60. The number of nitrogens with one attached hydrogen (secondary N) is 1. The molecule has 0 saturated heterocycles. The van der Waals surface area contributed by atoms with E-state index in [-0.39, 0.29) is 18.4 Å². The molecule has 1 amide bonds. The van der Waals surface area contributed by atoms with Crippen molar-refractivity contribution in [1.82, 2.24) is 9.97 Å². The minimum absolute atomic E-state index is 0.116. The molecule has 6 nitrogen and oxygen atoms in total. The van der Waals surface area contributed by atoms with Crippen molar-refractivity contribution in [3.8, 4) is 0 Å². The van der Waals surface area contributed by atoms with Crippen LogP contribution in [0.5, 0.6) is 0 Å². The first-order valence-electron chi connectivity index (χ1n) is 7.63. The summed E-state index contributed by atoms with van der Waals surface area (Å²) in [7, 11) is 3.71. The van der Waals surface area contributed by atoms with Crippen molar-refractivity contribution in [2.45, 2.75) is 18.9 Å². The molecule has 0 fully saturated rings. The minimum atomic E-state index is -0.199. The topological polar surface area (TPSA) is 67.4 Å². The Morgan fingerprint density at radius 2 is 2.17 bits per heavy atom. The summed E-state index contributed by atoms with van der Waals surface area (Å²) >= 11 is 0. The molecule has 0 radical (unpaired) electrons. The highest BCUT2D eigenvalue weighted by molar-refractivity contribution is 5.90. The molecule has 23 heavy (non-hydrogen) atoms. The monoisotopic (exact) mass is 312 g/mol. The van der Waals surface area contributed by atoms with Crippen molar-refractivity contribution in [3.63, 3.8) is 0 Å². The molecule has 0 unspecified atom stereocenters. The van der Waals surface area contributed by atoms with Crippen LogP contribution in [0.4, 0.5) is 11.8 Å². The highest BCUT2D eigenvalue weighted by atomic mass is 16.5. The van der Waals surface area contributed by atoms with Gasteiger partial charge in [0.1, 0.15) is 5.82 Å². The fraction of sp³-hybridized carbons (Fsp3) is 0.353. The molecule has 0 bridgehead atoms. The molecular formula is C17H20N4O2. The quantitative estimate of drug-likeness (QED) is 0.937. The Labute approximate surface area is 135 Å². The molecule has 2 heterocycles. The second kappa shape index (κ2) is 6.75. The van der Waals surface area contributed by atoms with E-state index in [1.807, 2.05) is 32.3 Å². The lowest BCUT2D eigenvalue weighted by atomic mass is 9.96. The molecule has 0 saturated carbocycles. The maximum Gasteiger partial charge on any atom is 0.228 e. The van der Waals surface area contributed by atoms with Gasteiger partial charge in [0, 0.05) is 20.3 Å². The number of ether oxygens (including phenoxy) is 1. The second-order valence-corrected chi connectivity index (χ2v) is 5.70. The number of nitrogens with zero attached hydrogens (tertiary/aromatic N) is 3. The number of aromatic nitrogens is 2. The van der Waals surface area contributed by atoms with E-state index in [9.17, 15) is 4.79 Å². The van der Waals surface area contributed by atoms with Crippen molar-refractivity contribution in [1.29, 1.82) is 0 Å². The SMILES string of the molecule is CN(C)c1nccc(NC(=O)C[C@H]2OCCc3ccccc32)n1. The van der Waals surface area contributed by atoms with Gasteiger partial charge in [-0.15, -0.1) is 0 Å². The summed E-state index contributed by atoms with van der Waals surface area (Å²) in [5.41, 5.74) is 2.36. The van der Waals surface area contributed by atoms with Gasteiger partial charge in [0.2, 0.25) is 11.9 Å². The van der Waals surface area contributed by atoms with Gasteiger partial charge in [0.15, 0.2) is 0 Å².